The maximum atomic E-state index is 8.78. The molecule has 0 saturated carbocycles. The second-order valence-electron chi connectivity index (χ2n) is 4.55. The zero-order valence-electron chi connectivity index (χ0n) is 9.33. The molecule has 2 heteroatoms. The van der Waals surface area contributed by atoms with E-state index in [0.29, 0.717) is 0 Å². The number of hydrogen-bond acceptors (Lipinski definition) is 1. The Hall–Kier alpha value is -1.80. The third-order valence-electron chi connectivity index (χ3n) is 2.42. The van der Waals surface area contributed by atoms with Crippen LogP contribution < -0.4 is 0 Å². The third-order valence-corrected chi connectivity index (χ3v) is 2.42. The number of nitrogens with zero attached hydrogens (tertiary/aromatic N) is 2. The molecule has 0 atom stereocenters. The van der Waals surface area contributed by atoms with E-state index < -0.39 is 0 Å². The van der Waals surface area contributed by atoms with Crippen LogP contribution >= 0.6 is 0 Å². The van der Waals surface area contributed by atoms with Gasteiger partial charge in [-0.2, -0.15) is 0 Å². The van der Waals surface area contributed by atoms with E-state index in [1.807, 2.05) is 24.3 Å². The maximum Gasteiger partial charge on any atom is 0.268 e. The Bertz CT molecular complexity index is 413. The fourth-order valence-corrected chi connectivity index (χ4v) is 1.43. The molecule has 0 radical (unpaired) electrons. The van der Waals surface area contributed by atoms with E-state index in [1.54, 1.807) is 0 Å². The normalized spacial score (nSPS) is 18.9. The van der Waals surface area contributed by atoms with Crippen molar-refractivity contribution in [2.75, 3.05) is 0 Å². The van der Waals surface area contributed by atoms with Gasteiger partial charge in [0.2, 0.25) is 0 Å². The van der Waals surface area contributed by atoms with E-state index in [1.165, 1.54) is 5.57 Å². The van der Waals surface area contributed by atoms with Gasteiger partial charge in [-0.25, -0.2) is 10.1 Å². The number of rotatable bonds is 0. The molecule has 0 spiro atoms. The van der Waals surface area contributed by atoms with Crippen LogP contribution in [0.1, 0.15) is 27.2 Å². The minimum absolute atomic E-state index is 0.0958. The molecule has 0 fully saturated rings. The molecule has 0 aromatic carbocycles. The Morgan fingerprint density at radius 1 is 1.53 bits per heavy atom. The van der Waals surface area contributed by atoms with Gasteiger partial charge in [0.05, 0.1) is 12.6 Å². The summed E-state index contributed by atoms with van der Waals surface area (Å²) >= 11 is 0. The van der Waals surface area contributed by atoms with Crippen LogP contribution in [0.25, 0.3) is 4.85 Å². The molecule has 2 nitrogen and oxygen atoms in total. The Morgan fingerprint density at radius 2 is 2.20 bits per heavy atom. The average molecular weight is 198 g/mol. The Morgan fingerprint density at radius 3 is 2.67 bits per heavy atom. The molecule has 0 N–H and O–H groups in total. The van der Waals surface area contributed by atoms with Crippen LogP contribution in [0, 0.1) is 23.3 Å². The standard InChI is InChI=1S/C13H14N2/c1-13(2,3)11-7-5-6-10(8-11)12(9-14)15-4/h5-6,8H,7H2,1-3H3/b12-10-. The van der Waals surface area contributed by atoms with Crippen molar-refractivity contribution in [3.63, 3.8) is 0 Å². The van der Waals surface area contributed by atoms with Crippen molar-refractivity contribution in [3.05, 3.63) is 46.5 Å². The summed E-state index contributed by atoms with van der Waals surface area (Å²) in [7, 11) is 0. The molecular weight excluding hydrogens is 184 g/mol. The van der Waals surface area contributed by atoms with E-state index in [-0.39, 0.29) is 11.1 Å². The predicted octanol–water partition coefficient (Wildman–Crippen LogP) is 3.62. The highest BCUT2D eigenvalue weighted by atomic mass is 14.7. The van der Waals surface area contributed by atoms with Gasteiger partial charge in [0.1, 0.15) is 0 Å². The summed E-state index contributed by atoms with van der Waals surface area (Å²) in [5.74, 6) is 0. The average Bonchev–Trinajstić information content (AvgIpc) is 2.19. The largest absolute Gasteiger partial charge is 0.268 e. The van der Waals surface area contributed by atoms with Crippen LogP contribution in [0.2, 0.25) is 0 Å². The van der Waals surface area contributed by atoms with Gasteiger partial charge in [0, 0.05) is 0 Å². The number of hydrogen-bond donors (Lipinski definition) is 0. The first kappa shape index (κ1) is 11.3. The summed E-state index contributed by atoms with van der Waals surface area (Å²) in [6.45, 7) is 13.3. The summed E-state index contributed by atoms with van der Waals surface area (Å²) in [6, 6.07) is 1.92. The maximum absolute atomic E-state index is 8.78. The van der Waals surface area contributed by atoms with Gasteiger partial charge in [-0.15, -0.1) is 0 Å². The molecule has 0 amide bonds. The van der Waals surface area contributed by atoms with E-state index in [9.17, 15) is 0 Å². The van der Waals surface area contributed by atoms with Crippen LogP contribution in [0.4, 0.5) is 0 Å². The molecule has 0 saturated heterocycles. The van der Waals surface area contributed by atoms with Crippen molar-refractivity contribution in [2.24, 2.45) is 5.41 Å². The van der Waals surface area contributed by atoms with E-state index in [2.05, 4.69) is 25.6 Å². The van der Waals surface area contributed by atoms with Crippen LogP contribution in [0.15, 0.2) is 35.1 Å². The Labute approximate surface area is 91.0 Å². The van der Waals surface area contributed by atoms with Crippen molar-refractivity contribution >= 4 is 0 Å². The first-order valence-electron chi connectivity index (χ1n) is 4.88. The predicted molar refractivity (Wildman–Crippen MR) is 60.5 cm³/mol. The lowest BCUT2D eigenvalue weighted by atomic mass is 9.81. The van der Waals surface area contributed by atoms with Crippen LogP contribution in [-0.4, -0.2) is 0 Å². The van der Waals surface area contributed by atoms with Crippen molar-refractivity contribution in [3.8, 4) is 6.07 Å². The van der Waals surface area contributed by atoms with E-state index in [0.717, 1.165) is 12.0 Å². The van der Waals surface area contributed by atoms with Gasteiger partial charge in [-0.1, -0.05) is 44.6 Å². The Balaban J connectivity index is 3.18. The van der Waals surface area contributed by atoms with Crippen LogP contribution in [0.3, 0.4) is 0 Å². The molecule has 1 aliphatic rings. The summed E-state index contributed by atoms with van der Waals surface area (Å²) in [6.07, 6.45) is 6.74. The SMILES string of the molecule is [C-]#[N+]/C(C#N)=C1/C=CCC(C(C)(C)C)=C1. The molecule has 0 unspecified atom stereocenters. The minimum atomic E-state index is 0.0958. The highest BCUT2D eigenvalue weighted by Gasteiger charge is 2.18. The second kappa shape index (κ2) is 4.15. The highest BCUT2D eigenvalue weighted by molar-refractivity contribution is 5.49. The lowest BCUT2D eigenvalue weighted by Crippen LogP contribution is -2.10. The summed E-state index contributed by atoms with van der Waals surface area (Å²) < 4.78 is 0. The zero-order valence-corrected chi connectivity index (χ0v) is 9.33. The van der Waals surface area contributed by atoms with Crippen molar-refractivity contribution in [1.82, 2.24) is 0 Å². The molecule has 0 bridgehead atoms. The van der Waals surface area contributed by atoms with Gasteiger partial charge in [-0.3, -0.25) is 0 Å². The first-order valence-corrected chi connectivity index (χ1v) is 4.88. The molecule has 76 valence electrons. The van der Waals surface area contributed by atoms with E-state index in [4.69, 9.17) is 11.8 Å². The monoisotopic (exact) mass is 198 g/mol. The summed E-state index contributed by atoms with van der Waals surface area (Å²) in [5.41, 5.74) is 2.27. The zero-order chi connectivity index (χ0) is 11.5. The molecule has 0 aromatic heterocycles. The van der Waals surface area contributed by atoms with Gasteiger partial charge in [0.25, 0.3) is 5.70 Å². The fraction of sp³-hybridized carbons (Fsp3) is 0.385. The van der Waals surface area contributed by atoms with E-state index >= 15 is 0 Å². The second-order valence-corrected chi connectivity index (χ2v) is 4.55. The number of allylic oxidation sites excluding steroid dienone is 6. The lowest BCUT2D eigenvalue weighted by molar-refractivity contribution is 0.492. The fourth-order valence-electron chi connectivity index (χ4n) is 1.43. The van der Waals surface area contributed by atoms with Crippen LogP contribution in [0.5, 0.6) is 0 Å². The van der Waals surface area contributed by atoms with Crippen molar-refractivity contribution in [2.45, 2.75) is 27.2 Å². The van der Waals surface area contributed by atoms with Gasteiger partial charge >= 0.3 is 0 Å². The third kappa shape index (κ3) is 2.58. The molecule has 0 aliphatic heterocycles. The van der Waals surface area contributed by atoms with Crippen molar-refractivity contribution in [1.29, 1.82) is 5.26 Å². The smallest absolute Gasteiger partial charge is 0.226 e. The topological polar surface area (TPSA) is 28.1 Å². The molecule has 0 heterocycles. The Kier molecular flexibility index (Phi) is 3.12. The molecule has 0 aromatic rings. The molecule has 1 aliphatic carbocycles. The van der Waals surface area contributed by atoms with Crippen molar-refractivity contribution < 1.29 is 0 Å². The molecule has 1 rings (SSSR count). The van der Waals surface area contributed by atoms with Gasteiger partial charge in [-0.05, 0) is 17.4 Å². The van der Waals surface area contributed by atoms with Gasteiger partial charge in [0.15, 0.2) is 0 Å². The lowest BCUT2D eigenvalue weighted by Gasteiger charge is -2.24. The summed E-state index contributed by atoms with van der Waals surface area (Å²) in [4.78, 5) is 3.22. The van der Waals surface area contributed by atoms with Crippen LogP contribution in [-0.2, 0) is 0 Å². The molecule has 15 heavy (non-hydrogen) atoms. The van der Waals surface area contributed by atoms with Gasteiger partial charge < -0.3 is 0 Å². The first-order chi connectivity index (χ1) is 6.99. The summed E-state index contributed by atoms with van der Waals surface area (Å²) in [5, 5.41) is 8.78. The minimum Gasteiger partial charge on any atom is -0.226 e. The molecular formula is C13H14N2. The highest BCUT2D eigenvalue weighted by Crippen LogP contribution is 2.32. The quantitative estimate of drug-likeness (QED) is 0.431. The number of nitriles is 1.